The molecule has 1 rings (SSSR count). The summed E-state index contributed by atoms with van der Waals surface area (Å²) in [6, 6.07) is 7.96. The molecule has 0 atom stereocenters. The van der Waals surface area contributed by atoms with Gasteiger partial charge in [-0.05, 0) is 24.7 Å². The summed E-state index contributed by atoms with van der Waals surface area (Å²) < 4.78 is 0. The molecule has 0 unspecified atom stereocenters. The molecule has 13 heavy (non-hydrogen) atoms. The first-order valence-corrected chi connectivity index (χ1v) is 4.36. The van der Waals surface area contributed by atoms with E-state index in [1.165, 1.54) is 5.56 Å². The van der Waals surface area contributed by atoms with Gasteiger partial charge < -0.3 is 5.73 Å². The Kier molecular flexibility index (Phi) is 3.53. The minimum Gasteiger partial charge on any atom is -0.399 e. The summed E-state index contributed by atoms with van der Waals surface area (Å²) in [5.41, 5.74) is 7.68. The first-order chi connectivity index (χ1) is 6.22. The summed E-state index contributed by atoms with van der Waals surface area (Å²) in [7, 11) is 2.07. The predicted molar refractivity (Wildman–Crippen MR) is 57.4 cm³/mol. The van der Waals surface area contributed by atoms with E-state index in [4.69, 9.17) is 5.73 Å². The number of nitrogens with zero attached hydrogens (tertiary/aromatic N) is 1. The van der Waals surface area contributed by atoms with E-state index < -0.39 is 0 Å². The highest BCUT2D eigenvalue weighted by Gasteiger charge is 1.96. The number of nitrogens with two attached hydrogens (primary N) is 1. The molecule has 0 radical (unpaired) electrons. The van der Waals surface area contributed by atoms with E-state index in [2.05, 4.69) is 30.7 Å². The normalized spacial score (nSPS) is 10.3. The Morgan fingerprint density at radius 3 is 2.54 bits per heavy atom. The molecular formula is C11H16N2. The SMILES string of the molecule is C=CCN(C)Cc1ccc(N)cc1. The molecule has 0 aliphatic heterocycles. The minimum atomic E-state index is 0.815. The van der Waals surface area contributed by atoms with Crippen LogP contribution in [-0.2, 0) is 6.54 Å². The number of benzene rings is 1. The predicted octanol–water partition coefficient (Wildman–Crippen LogP) is 1.89. The molecule has 2 heteroatoms. The van der Waals surface area contributed by atoms with Crippen molar-refractivity contribution in [1.29, 1.82) is 0 Å². The zero-order valence-electron chi connectivity index (χ0n) is 8.03. The van der Waals surface area contributed by atoms with Crippen LogP contribution in [0.2, 0.25) is 0 Å². The van der Waals surface area contributed by atoms with Crippen LogP contribution < -0.4 is 5.73 Å². The highest BCUT2D eigenvalue weighted by Crippen LogP contribution is 2.07. The number of nitrogen functional groups attached to an aromatic ring is 1. The van der Waals surface area contributed by atoms with E-state index in [1.54, 1.807) is 0 Å². The maximum Gasteiger partial charge on any atom is 0.0314 e. The summed E-state index contributed by atoms with van der Waals surface area (Å²) in [5.74, 6) is 0. The third-order valence-corrected chi connectivity index (χ3v) is 1.87. The lowest BCUT2D eigenvalue weighted by Crippen LogP contribution is -2.17. The molecule has 1 aromatic carbocycles. The van der Waals surface area contributed by atoms with E-state index in [9.17, 15) is 0 Å². The quantitative estimate of drug-likeness (QED) is 0.560. The molecule has 0 amide bonds. The summed E-state index contributed by atoms with van der Waals surface area (Å²) in [6.45, 7) is 5.54. The Morgan fingerprint density at radius 1 is 1.38 bits per heavy atom. The molecule has 0 saturated carbocycles. The van der Waals surface area contributed by atoms with E-state index in [1.807, 2.05) is 18.2 Å². The summed E-state index contributed by atoms with van der Waals surface area (Å²) in [6.07, 6.45) is 1.90. The van der Waals surface area contributed by atoms with Crippen molar-refractivity contribution >= 4 is 5.69 Å². The van der Waals surface area contributed by atoms with Gasteiger partial charge in [0.1, 0.15) is 0 Å². The third kappa shape index (κ3) is 3.30. The Morgan fingerprint density at radius 2 is 2.00 bits per heavy atom. The molecule has 0 aliphatic rings. The number of likely N-dealkylation sites (N-methyl/N-ethyl adjacent to an activating group) is 1. The van der Waals surface area contributed by atoms with Gasteiger partial charge in [-0.15, -0.1) is 6.58 Å². The molecule has 1 aromatic rings. The first-order valence-electron chi connectivity index (χ1n) is 4.36. The Hall–Kier alpha value is -1.28. The topological polar surface area (TPSA) is 29.3 Å². The van der Waals surface area contributed by atoms with Crippen LogP contribution in [0.4, 0.5) is 5.69 Å². The Bertz CT molecular complexity index is 264. The van der Waals surface area contributed by atoms with Crippen molar-refractivity contribution in [2.75, 3.05) is 19.3 Å². The molecule has 0 aliphatic carbocycles. The van der Waals surface area contributed by atoms with Crippen LogP contribution in [0.25, 0.3) is 0 Å². The average Bonchev–Trinajstić information content (AvgIpc) is 2.09. The Labute approximate surface area is 79.7 Å². The molecule has 0 fully saturated rings. The third-order valence-electron chi connectivity index (χ3n) is 1.87. The van der Waals surface area contributed by atoms with Crippen LogP contribution in [0.1, 0.15) is 5.56 Å². The maximum atomic E-state index is 5.59. The van der Waals surface area contributed by atoms with Gasteiger partial charge in [-0.2, -0.15) is 0 Å². The van der Waals surface area contributed by atoms with Gasteiger partial charge in [0, 0.05) is 18.8 Å². The summed E-state index contributed by atoms with van der Waals surface area (Å²) >= 11 is 0. The van der Waals surface area contributed by atoms with Crippen LogP contribution in [0.3, 0.4) is 0 Å². The van der Waals surface area contributed by atoms with Gasteiger partial charge in [0.2, 0.25) is 0 Å². The molecule has 70 valence electrons. The molecule has 0 aromatic heterocycles. The van der Waals surface area contributed by atoms with Gasteiger partial charge >= 0.3 is 0 Å². The molecule has 0 saturated heterocycles. The van der Waals surface area contributed by atoms with Gasteiger partial charge in [0.15, 0.2) is 0 Å². The molecule has 0 spiro atoms. The number of hydrogen-bond donors (Lipinski definition) is 1. The van der Waals surface area contributed by atoms with Crippen LogP contribution in [0.15, 0.2) is 36.9 Å². The molecular weight excluding hydrogens is 160 g/mol. The second-order valence-electron chi connectivity index (χ2n) is 3.23. The molecule has 0 heterocycles. The van der Waals surface area contributed by atoms with Crippen LogP contribution in [-0.4, -0.2) is 18.5 Å². The fraction of sp³-hybridized carbons (Fsp3) is 0.273. The van der Waals surface area contributed by atoms with Crippen LogP contribution in [0.5, 0.6) is 0 Å². The second-order valence-corrected chi connectivity index (χ2v) is 3.23. The average molecular weight is 176 g/mol. The smallest absolute Gasteiger partial charge is 0.0314 e. The van der Waals surface area contributed by atoms with E-state index >= 15 is 0 Å². The van der Waals surface area contributed by atoms with Crippen molar-refractivity contribution in [3.8, 4) is 0 Å². The lowest BCUT2D eigenvalue weighted by molar-refractivity contribution is 0.364. The van der Waals surface area contributed by atoms with Gasteiger partial charge in [0.05, 0.1) is 0 Å². The van der Waals surface area contributed by atoms with Crippen molar-refractivity contribution in [2.45, 2.75) is 6.54 Å². The highest BCUT2D eigenvalue weighted by atomic mass is 15.1. The Balaban J connectivity index is 2.53. The van der Waals surface area contributed by atoms with Gasteiger partial charge in [-0.25, -0.2) is 0 Å². The zero-order valence-corrected chi connectivity index (χ0v) is 8.03. The highest BCUT2D eigenvalue weighted by molar-refractivity contribution is 5.39. The lowest BCUT2D eigenvalue weighted by Gasteiger charge is -2.13. The fourth-order valence-corrected chi connectivity index (χ4v) is 1.22. The summed E-state index contributed by atoms with van der Waals surface area (Å²) in [5, 5.41) is 0. The van der Waals surface area contributed by atoms with Gasteiger partial charge in [-0.3, -0.25) is 4.90 Å². The van der Waals surface area contributed by atoms with E-state index in [-0.39, 0.29) is 0 Å². The van der Waals surface area contributed by atoms with E-state index in [0.29, 0.717) is 0 Å². The number of anilines is 1. The monoisotopic (exact) mass is 176 g/mol. The molecule has 2 N–H and O–H groups in total. The summed E-state index contributed by atoms with van der Waals surface area (Å²) in [4.78, 5) is 2.19. The number of hydrogen-bond acceptors (Lipinski definition) is 2. The van der Waals surface area contributed by atoms with E-state index in [0.717, 1.165) is 18.8 Å². The van der Waals surface area contributed by atoms with Gasteiger partial charge in [0.25, 0.3) is 0 Å². The molecule has 0 bridgehead atoms. The van der Waals surface area contributed by atoms with Gasteiger partial charge in [-0.1, -0.05) is 18.2 Å². The van der Waals surface area contributed by atoms with Crippen molar-refractivity contribution in [3.63, 3.8) is 0 Å². The largest absolute Gasteiger partial charge is 0.399 e. The second kappa shape index (κ2) is 4.67. The van der Waals surface area contributed by atoms with Crippen molar-refractivity contribution < 1.29 is 0 Å². The van der Waals surface area contributed by atoms with Crippen molar-refractivity contribution in [3.05, 3.63) is 42.5 Å². The van der Waals surface area contributed by atoms with Crippen LogP contribution in [0, 0.1) is 0 Å². The first kappa shape index (κ1) is 9.81. The lowest BCUT2D eigenvalue weighted by atomic mass is 10.2. The van der Waals surface area contributed by atoms with Crippen LogP contribution >= 0.6 is 0 Å². The fourth-order valence-electron chi connectivity index (χ4n) is 1.22. The standard InChI is InChI=1S/C11H16N2/c1-3-8-13(2)9-10-4-6-11(12)7-5-10/h3-7H,1,8-9,12H2,2H3. The van der Waals surface area contributed by atoms with Crippen molar-refractivity contribution in [2.24, 2.45) is 0 Å². The number of rotatable bonds is 4. The maximum absolute atomic E-state index is 5.59. The van der Waals surface area contributed by atoms with Crippen molar-refractivity contribution in [1.82, 2.24) is 4.90 Å². The molecule has 2 nitrogen and oxygen atoms in total. The minimum absolute atomic E-state index is 0.815. The zero-order chi connectivity index (χ0) is 9.68.